The van der Waals surface area contributed by atoms with Gasteiger partial charge in [0.2, 0.25) is 11.8 Å². The van der Waals surface area contributed by atoms with Crippen LogP contribution in [0, 0.1) is 0 Å². The van der Waals surface area contributed by atoms with Crippen molar-refractivity contribution in [3.05, 3.63) is 35.4 Å². The molecule has 1 atom stereocenters. The third-order valence-electron chi connectivity index (χ3n) is 3.60. The molecule has 3 rings (SSSR count). The summed E-state index contributed by atoms with van der Waals surface area (Å²) in [7, 11) is 0. The van der Waals surface area contributed by atoms with Crippen LogP contribution < -0.4 is 5.32 Å². The third-order valence-corrected chi connectivity index (χ3v) is 3.90. The van der Waals surface area contributed by atoms with E-state index < -0.39 is 11.9 Å². The first-order valence-electron chi connectivity index (χ1n) is 6.36. The molecule has 6 heteroatoms. The lowest BCUT2D eigenvalue weighted by Gasteiger charge is -2.35. The van der Waals surface area contributed by atoms with Crippen LogP contribution in [0.25, 0.3) is 0 Å². The zero-order chi connectivity index (χ0) is 14.3. The van der Waals surface area contributed by atoms with Crippen LogP contribution in [0.2, 0.25) is 0 Å². The Morgan fingerprint density at radius 1 is 1.20 bits per heavy atom. The molecule has 0 aromatic heterocycles. The molecule has 0 spiro atoms. The summed E-state index contributed by atoms with van der Waals surface area (Å²) >= 11 is 4.94. The highest BCUT2D eigenvalue weighted by Gasteiger charge is 2.40. The van der Waals surface area contributed by atoms with Crippen molar-refractivity contribution < 1.29 is 14.4 Å². The van der Waals surface area contributed by atoms with Gasteiger partial charge in [-0.1, -0.05) is 30.4 Å². The number of imide groups is 1. The predicted octanol–water partition coefficient (Wildman–Crippen LogP) is 0.817. The SMILES string of the molecule is O=C1NC(=S)CCC1N1C(=O)Cc2ccccc2C1=O. The molecule has 0 radical (unpaired) electrons. The van der Waals surface area contributed by atoms with Gasteiger partial charge in [0.25, 0.3) is 5.91 Å². The Labute approximate surface area is 120 Å². The lowest BCUT2D eigenvalue weighted by atomic mass is 9.95. The van der Waals surface area contributed by atoms with Gasteiger partial charge in [0.05, 0.1) is 11.4 Å². The molecule has 1 fully saturated rings. The van der Waals surface area contributed by atoms with Gasteiger partial charge in [-0.05, 0) is 18.1 Å². The summed E-state index contributed by atoms with van der Waals surface area (Å²) in [6.45, 7) is 0. The largest absolute Gasteiger partial charge is 0.319 e. The summed E-state index contributed by atoms with van der Waals surface area (Å²) in [5, 5.41) is 2.54. The van der Waals surface area contributed by atoms with Crippen molar-refractivity contribution in [2.75, 3.05) is 0 Å². The average molecular weight is 288 g/mol. The second-order valence-electron chi connectivity index (χ2n) is 4.87. The smallest absolute Gasteiger partial charge is 0.261 e. The van der Waals surface area contributed by atoms with E-state index in [-0.39, 0.29) is 18.2 Å². The number of benzene rings is 1. The van der Waals surface area contributed by atoms with Gasteiger partial charge in [-0.2, -0.15) is 0 Å². The molecule has 1 unspecified atom stereocenters. The van der Waals surface area contributed by atoms with Gasteiger partial charge in [-0.25, -0.2) is 0 Å². The zero-order valence-electron chi connectivity index (χ0n) is 10.6. The molecule has 0 saturated carbocycles. The normalized spacial score (nSPS) is 22.6. The Balaban J connectivity index is 1.95. The van der Waals surface area contributed by atoms with E-state index in [4.69, 9.17) is 12.2 Å². The Morgan fingerprint density at radius 3 is 2.70 bits per heavy atom. The number of nitrogens with zero attached hydrogens (tertiary/aromatic N) is 1. The van der Waals surface area contributed by atoms with Crippen molar-refractivity contribution in [2.45, 2.75) is 25.3 Å². The molecule has 1 aromatic carbocycles. The van der Waals surface area contributed by atoms with E-state index in [1.807, 2.05) is 0 Å². The number of piperidine rings is 1. The highest BCUT2D eigenvalue weighted by Crippen LogP contribution is 2.24. The van der Waals surface area contributed by atoms with Crippen LogP contribution in [0.3, 0.4) is 0 Å². The minimum atomic E-state index is -0.755. The molecule has 0 aliphatic carbocycles. The highest BCUT2D eigenvalue weighted by atomic mass is 32.1. The Kier molecular flexibility index (Phi) is 3.10. The quantitative estimate of drug-likeness (QED) is 0.613. The summed E-state index contributed by atoms with van der Waals surface area (Å²) in [5.74, 6) is -1.10. The van der Waals surface area contributed by atoms with Gasteiger partial charge in [0.1, 0.15) is 6.04 Å². The van der Waals surface area contributed by atoms with Gasteiger partial charge in [0.15, 0.2) is 0 Å². The van der Waals surface area contributed by atoms with Crippen LogP contribution >= 0.6 is 12.2 Å². The van der Waals surface area contributed by atoms with Crippen molar-refractivity contribution in [3.8, 4) is 0 Å². The first-order chi connectivity index (χ1) is 9.58. The third kappa shape index (κ3) is 2.02. The molecule has 20 heavy (non-hydrogen) atoms. The lowest BCUT2D eigenvalue weighted by Crippen LogP contribution is -2.57. The second kappa shape index (κ2) is 4.79. The fraction of sp³-hybridized carbons (Fsp3) is 0.286. The summed E-state index contributed by atoms with van der Waals surface area (Å²) in [6.07, 6.45) is 1.05. The van der Waals surface area contributed by atoms with Crippen molar-refractivity contribution >= 4 is 34.9 Å². The van der Waals surface area contributed by atoms with E-state index in [1.165, 1.54) is 0 Å². The van der Waals surface area contributed by atoms with Crippen molar-refractivity contribution in [1.82, 2.24) is 10.2 Å². The van der Waals surface area contributed by atoms with Crippen LogP contribution in [-0.2, 0) is 16.0 Å². The summed E-state index contributed by atoms with van der Waals surface area (Å²) < 4.78 is 0. The monoisotopic (exact) mass is 288 g/mol. The molecule has 3 amide bonds. The van der Waals surface area contributed by atoms with Crippen LogP contribution in [0.4, 0.5) is 0 Å². The van der Waals surface area contributed by atoms with Crippen LogP contribution in [0.5, 0.6) is 0 Å². The van der Waals surface area contributed by atoms with E-state index in [0.717, 1.165) is 4.90 Å². The number of hydrogen-bond donors (Lipinski definition) is 1. The van der Waals surface area contributed by atoms with Crippen molar-refractivity contribution in [2.24, 2.45) is 0 Å². The average Bonchev–Trinajstić information content (AvgIpc) is 2.41. The van der Waals surface area contributed by atoms with Crippen molar-refractivity contribution in [1.29, 1.82) is 0 Å². The Hall–Kier alpha value is -2.08. The van der Waals surface area contributed by atoms with E-state index >= 15 is 0 Å². The Morgan fingerprint density at radius 2 is 1.95 bits per heavy atom. The maximum atomic E-state index is 12.4. The van der Waals surface area contributed by atoms with E-state index in [9.17, 15) is 14.4 Å². The van der Waals surface area contributed by atoms with Gasteiger partial charge < -0.3 is 5.32 Å². The first-order valence-corrected chi connectivity index (χ1v) is 6.77. The number of hydrogen-bond acceptors (Lipinski definition) is 4. The van der Waals surface area contributed by atoms with Crippen molar-refractivity contribution in [3.63, 3.8) is 0 Å². The lowest BCUT2D eigenvalue weighted by molar-refractivity contribution is -0.137. The fourth-order valence-electron chi connectivity index (χ4n) is 2.62. The Bertz CT molecular complexity index is 641. The number of rotatable bonds is 1. The van der Waals surface area contributed by atoms with E-state index in [2.05, 4.69) is 5.32 Å². The fourth-order valence-corrected chi connectivity index (χ4v) is 2.84. The first kappa shape index (κ1) is 12.9. The zero-order valence-corrected chi connectivity index (χ0v) is 11.4. The summed E-state index contributed by atoms with van der Waals surface area (Å²) in [4.78, 5) is 38.1. The van der Waals surface area contributed by atoms with E-state index in [0.29, 0.717) is 29.0 Å². The standard InChI is InChI=1S/C14H12N2O3S/c17-12-7-8-3-1-2-4-9(8)14(19)16(12)10-5-6-11(20)15-13(10)18/h1-4,10H,5-7H2,(H,15,18,20). The highest BCUT2D eigenvalue weighted by molar-refractivity contribution is 7.80. The molecular formula is C14H12N2O3S. The minimum Gasteiger partial charge on any atom is -0.319 e. The minimum absolute atomic E-state index is 0.149. The molecular weight excluding hydrogens is 276 g/mol. The molecule has 1 saturated heterocycles. The predicted molar refractivity (Wildman–Crippen MR) is 75.1 cm³/mol. The molecule has 1 N–H and O–H groups in total. The summed E-state index contributed by atoms with van der Waals surface area (Å²) in [5.41, 5.74) is 1.21. The molecule has 1 aromatic rings. The molecule has 2 aliphatic rings. The topological polar surface area (TPSA) is 66.5 Å². The molecule has 5 nitrogen and oxygen atoms in total. The van der Waals surface area contributed by atoms with Crippen LogP contribution in [0.1, 0.15) is 28.8 Å². The van der Waals surface area contributed by atoms with Crippen LogP contribution in [0.15, 0.2) is 24.3 Å². The maximum Gasteiger partial charge on any atom is 0.261 e. The number of amides is 3. The molecule has 102 valence electrons. The van der Waals surface area contributed by atoms with Gasteiger partial charge >= 0.3 is 0 Å². The summed E-state index contributed by atoms with van der Waals surface area (Å²) in [6, 6.07) is 6.23. The molecule has 2 aliphatic heterocycles. The molecule has 0 bridgehead atoms. The van der Waals surface area contributed by atoms with Gasteiger partial charge in [-0.15, -0.1) is 0 Å². The number of carbonyl (C=O) groups excluding carboxylic acids is 3. The number of thiocarbonyl (C=S) groups is 1. The number of fused-ring (bicyclic) bond motifs is 1. The number of nitrogens with one attached hydrogen (secondary N) is 1. The van der Waals surface area contributed by atoms with E-state index in [1.54, 1.807) is 24.3 Å². The maximum absolute atomic E-state index is 12.4. The van der Waals surface area contributed by atoms with Gasteiger partial charge in [-0.3, -0.25) is 19.3 Å². The van der Waals surface area contributed by atoms with Crippen LogP contribution in [-0.4, -0.2) is 33.7 Å². The second-order valence-corrected chi connectivity index (χ2v) is 5.36. The van der Waals surface area contributed by atoms with Gasteiger partial charge in [0, 0.05) is 12.0 Å². The molecule has 2 heterocycles. The number of carbonyl (C=O) groups is 3.